The standard InChI is InChI=1S/C4H9NO2S2/c6-4-3(5-9-8)1-2-7-4/h3-6,8H,1-2H2. The van der Waals surface area contributed by atoms with Gasteiger partial charge in [-0.2, -0.15) is 0 Å². The molecule has 1 heterocycles. The van der Waals surface area contributed by atoms with Gasteiger partial charge in [-0.1, -0.05) is 11.7 Å². The van der Waals surface area contributed by atoms with Crippen molar-refractivity contribution in [1.82, 2.24) is 4.72 Å². The number of aliphatic hydroxyl groups is 1. The number of hydrogen-bond donors (Lipinski definition) is 3. The van der Waals surface area contributed by atoms with Crippen molar-refractivity contribution in [2.45, 2.75) is 18.8 Å². The molecule has 1 aliphatic heterocycles. The highest BCUT2D eigenvalue weighted by molar-refractivity contribution is 8.67. The van der Waals surface area contributed by atoms with Gasteiger partial charge in [0.15, 0.2) is 6.29 Å². The Balaban J connectivity index is 2.22. The molecule has 1 aliphatic rings. The van der Waals surface area contributed by atoms with E-state index in [9.17, 15) is 0 Å². The predicted octanol–water partition coefficient (Wildman–Crippen LogP) is 0.176. The third-order valence-electron chi connectivity index (χ3n) is 1.27. The molecule has 1 rings (SSSR count). The lowest BCUT2D eigenvalue weighted by atomic mass is 10.3. The number of aliphatic hydroxyl groups excluding tert-OH is 1. The summed E-state index contributed by atoms with van der Waals surface area (Å²) in [6.07, 6.45) is 0.207. The van der Waals surface area contributed by atoms with Gasteiger partial charge in [0.1, 0.15) is 0 Å². The van der Waals surface area contributed by atoms with Crippen LogP contribution in [-0.2, 0) is 4.74 Å². The molecule has 1 fully saturated rings. The van der Waals surface area contributed by atoms with E-state index in [1.54, 1.807) is 0 Å². The monoisotopic (exact) mass is 167 g/mol. The van der Waals surface area contributed by atoms with Crippen LogP contribution in [0.25, 0.3) is 0 Å². The fourth-order valence-corrected chi connectivity index (χ4v) is 1.54. The summed E-state index contributed by atoms with van der Waals surface area (Å²) in [7, 11) is 1.21. The van der Waals surface area contributed by atoms with Crippen LogP contribution in [0.15, 0.2) is 0 Å². The van der Waals surface area contributed by atoms with Gasteiger partial charge >= 0.3 is 0 Å². The summed E-state index contributed by atoms with van der Waals surface area (Å²) in [6, 6.07) is 0.0486. The number of thiol groups is 1. The van der Waals surface area contributed by atoms with Crippen molar-refractivity contribution in [3.63, 3.8) is 0 Å². The van der Waals surface area contributed by atoms with Crippen molar-refractivity contribution < 1.29 is 9.84 Å². The molecule has 2 N–H and O–H groups in total. The van der Waals surface area contributed by atoms with E-state index in [4.69, 9.17) is 9.84 Å². The van der Waals surface area contributed by atoms with Gasteiger partial charge in [0, 0.05) is 0 Å². The minimum absolute atomic E-state index is 0.0486. The maximum atomic E-state index is 8.99. The zero-order valence-corrected chi connectivity index (χ0v) is 6.49. The van der Waals surface area contributed by atoms with Gasteiger partial charge in [0.2, 0.25) is 0 Å². The van der Waals surface area contributed by atoms with Gasteiger partial charge in [-0.05, 0) is 17.4 Å². The van der Waals surface area contributed by atoms with Crippen LogP contribution in [0.3, 0.4) is 0 Å². The molecule has 0 bridgehead atoms. The van der Waals surface area contributed by atoms with Crippen molar-refractivity contribution in [2.75, 3.05) is 6.61 Å². The molecular formula is C4H9NO2S2. The molecule has 0 radical (unpaired) electrons. The van der Waals surface area contributed by atoms with Crippen LogP contribution in [-0.4, -0.2) is 24.0 Å². The first kappa shape index (κ1) is 7.68. The quantitative estimate of drug-likeness (QED) is 0.312. The van der Waals surface area contributed by atoms with Gasteiger partial charge in [-0.25, -0.2) is 4.72 Å². The molecule has 9 heavy (non-hydrogen) atoms. The van der Waals surface area contributed by atoms with E-state index in [1.807, 2.05) is 0 Å². The Hall–Kier alpha value is 0.580. The van der Waals surface area contributed by atoms with Crippen molar-refractivity contribution >= 4 is 22.6 Å². The first-order valence-corrected chi connectivity index (χ1v) is 4.57. The molecule has 0 aromatic carbocycles. The highest BCUT2D eigenvalue weighted by Gasteiger charge is 2.24. The molecule has 0 aromatic heterocycles. The van der Waals surface area contributed by atoms with Crippen LogP contribution in [0.5, 0.6) is 0 Å². The van der Waals surface area contributed by atoms with Crippen molar-refractivity contribution in [2.24, 2.45) is 0 Å². The molecule has 0 aliphatic carbocycles. The van der Waals surface area contributed by atoms with Crippen LogP contribution in [0.4, 0.5) is 0 Å². The fourth-order valence-electron chi connectivity index (χ4n) is 0.759. The molecule has 54 valence electrons. The predicted molar refractivity (Wildman–Crippen MR) is 40.1 cm³/mol. The van der Waals surface area contributed by atoms with Crippen molar-refractivity contribution in [3.8, 4) is 0 Å². The average molecular weight is 167 g/mol. The maximum Gasteiger partial charge on any atom is 0.170 e. The SMILES string of the molecule is OC1OCCC1NSS. The summed E-state index contributed by atoms with van der Waals surface area (Å²) in [5.74, 6) is 0. The second kappa shape index (κ2) is 3.68. The lowest BCUT2D eigenvalue weighted by molar-refractivity contribution is -0.0682. The minimum atomic E-state index is -0.648. The zero-order valence-electron chi connectivity index (χ0n) is 4.78. The van der Waals surface area contributed by atoms with E-state index >= 15 is 0 Å². The van der Waals surface area contributed by atoms with Crippen LogP contribution in [0, 0.1) is 0 Å². The zero-order chi connectivity index (χ0) is 6.69. The Kier molecular flexibility index (Phi) is 3.14. The van der Waals surface area contributed by atoms with Gasteiger partial charge in [-0.15, -0.1) is 0 Å². The van der Waals surface area contributed by atoms with Crippen LogP contribution in [0.2, 0.25) is 0 Å². The Morgan fingerprint density at radius 2 is 2.56 bits per heavy atom. The third kappa shape index (κ3) is 2.01. The van der Waals surface area contributed by atoms with Crippen LogP contribution < -0.4 is 4.72 Å². The second-order valence-corrected chi connectivity index (χ2v) is 2.83. The number of ether oxygens (including phenoxy) is 1. The lowest BCUT2D eigenvalue weighted by Gasteiger charge is -2.10. The summed E-state index contributed by atoms with van der Waals surface area (Å²) in [5.41, 5.74) is 0. The summed E-state index contributed by atoms with van der Waals surface area (Å²) in [5, 5.41) is 8.99. The summed E-state index contributed by atoms with van der Waals surface area (Å²) in [4.78, 5) is 0. The Morgan fingerprint density at radius 1 is 1.78 bits per heavy atom. The maximum absolute atomic E-state index is 8.99. The summed E-state index contributed by atoms with van der Waals surface area (Å²) in [6.45, 7) is 0.632. The molecule has 2 unspecified atom stereocenters. The van der Waals surface area contributed by atoms with E-state index in [0.29, 0.717) is 6.61 Å². The molecule has 5 heteroatoms. The smallest absolute Gasteiger partial charge is 0.170 e. The topological polar surface area (TPSA) is 41.5 Å². The van der Waals surface area contributed by atoms with Crippen molar-refractivity contribution in [3.05, 3.63) is 0 Å². The van der Waals surface area contributed by atoms with E-state index in [-0.39, 0.29) is 6.04 Å². The van der Waals surface area contributed by atoms with Crippen molar-refractivity contribution in [1.29, 1.82) is 0 Å². The Labute approximate surface area is 63.1 Å². The molecule has 3 nitrogen and oxygen atoms in total. The van der Waals surface area contributed by atoms with E-state index in [2.05, 4.69) is 16.4 Å². The number of nitrogens with one attached hydrogen (secondary N) is 1. The van der Waals surface area contributed by atoms with E-state index in [1.165, 1.54) is 11.0 Å². The third-order valence-corrected chi connectivity index (χ3v) is 1.99. The summed E-state index contributed by atoms with van der Waals surface area (Å²) < 4.78 is 7.76. The average Bonchev–Trinajstić information content (AvgIpc) is 2.18. The molecule has 0 amide bonds. The first-order valence-electron chi connectivity index (χ1n) is 2.70. The number of hydrogen-bond acceptors (Lipinski definition) is 5. The molecule has 1 saturated heterocycles. The Bertz CT molecular complexity index is 92.6. The normalized spacial score (nSPS) is 35.3. The van der Waals surface area contributed by atoms with Crippen LogP contribution in [0.1, 0.15) is 6.42 Å². The minimum Gasteiger partial charge on any atom is -0.367 e. The number of rotatable bonds is 2. The second-order valence-electron chi connectivity index (χ2n) is 1.87. The van der Waals surface area contributed by atoms with Gasteiger partial charge in [0.05, 0.1) is 12.6 Å². The highest BCUT2D eigenvalue weighted by Crippen LogP contribution is 2.14. The van der Waals surface area contributed by atoms with E-state index < -0.39 is 6.29 Å². The van der Waals surface area contributed by atoms with Crippen LogP contribution >= 0.6 is 22.6 Å². The molecule has 0 spiro atoms. The summed E-state index contributed by atoms with van der Waals surface area (Å²) >= 11 is 3.88. The Morgan fingerprint density at radius 3 is 3.00 bits per heavy atom. The first-order chi connectivity index (χ1) is 4.34. The largest absolute Gasteiger partial charge is 0.367 e. The molecule has 2 atom stereocenters. The highest BCUT2D eigenvalue weighted by atomic mass is 33.1. The lowest BCUT2D eigenvalue weighted by Crippen LogP contribution is -2.30. The molecule has 0 saturated carbocycles. The molecular weight excluding hydrogens is 158 g/mol. The van der Waals surface area contributed by atoms with Gasteiger partial charge in [0.25, 0.3) is 0 Å². The van der Waals surface area contributed by atoms with Gasteiger partial charge in [-0.3, -0.25) is 0 Å². The van der Waals surface area contributed by atoms with E-state index in [0.717, 1.165) is 6.42 Å². The molecule has 0 aromatic rings. The van der Waals surface area contributed by atoms with Gasteiger partial charge < -0.3 is 9.84 Å². The fraction of sp³-hybridized carbons (Fsp3) is 1.00.